The van der Waals surface area contributed by atoms with E-state index < -0.39 is 0 Å². The molecule has 92 valence electrons. The fourth-order valence-electron chi connectivity index (χ4n) is 3.31. The lowest BCUT2D eigenvalue weighted by molar-refractivity contribution is 0.138. The topological polar surface area (TPSA) is 35.2 Å². The molecule has 0 saturated heterocycles. The van der Waals surface area contributed by atoms with Gasteiger partial charge in [0.25, 0.3) is 0 Å². The van der Waals surface area contributed by atoms with Crippen molar-refractivity contribution < 1.29 is 9.13 Å². The van der Waals surface area contributed by atoms with Crippen LogP contribution in [0.2, 0.25) is 0 Å². The number of hydrogen-bond donors (Lipinski definition) is 1. The molecular formula is C14H18FNO. The minimum absolute atomic E-state index is 0.258. The first kappa shape index (κ1) is 11.0. The lowest BCUT2D eigenvalue weighted by Gasteiger charge is -2.23. The molecule has 0 spiro atoms. The fraction of sp³-hybridized carbons (Fsp3) is 0.571. The molecule has 0 aromatic heterocycles. The maximum absolute atomic E-state index is 13.3. The van der Waals surface area contributed by atoms with Crippen LogP contribution in [-0.2, 0) is 6.54 Å². The molecule has 2 fully saturated rings. The first-order valence-corrected chi connectivity index (χ1v) is 6.41. The normalized spacial score (nSPS) is 30.8. The Morgan fingerprint density at radius 3 is 2.76 bits per heavy atom. The summed E-state index contributed by atoms with van der Waals surface area (Å²) in [5.41, 5.74) is 6.33. The predicted octanol–water partition coefficient (Wildman–Crippen LogP) is 2.85. The summed E-state index contributed by atoms with van der Waals surface area (Å²) in [5.74, 6) is 1.91. The van der Waals surface area contributed by atoms with Crippen LogP contribution in [-0.4, -0.2) is 6.10 Å². The highest BCUT2D eigenvalue weighted by atomic mass is 19.1. The minimum Gasteiger partial charge on any atom is -0.490 e. The maximum Gasteiger partial charge on any atom is 0.127 e. The van der Waals surface area contributed by atoms with Gasteiger partial charge in [0.15, 0.2) is 0 Å². The van der Waals surface area contributed by atoms with Gasteiger partial charge < -0.3 is 10.5 Å². The Morgan fingerprint density at radius 1 is 1.24 bits per heavy atom. The molecule has 0 heterocycles. The zero-order valence-corrected chi connectivity index (χ0v) is 9.86. The molecule has 17 heavy (non-hydrogen) atoms. The highest BCUT2D eigenvalue weighted by molar-refractivity contribution is 5.30. The van der Waals surface area contributed by atoms with Crippen LogP contribution in [0.1, 0.15) is 31.2 Å². The van der Waals surface area contributed by atoms with Gasteiger partial charge in [-0.3, -0.25) is 0 Å². The summed E-state index contributed by atoms with van der Waals surface area (Å²) in [5, 5.41) is 0. The number of halogens is 1. The minimum atomic E-state index is -0.258. The second kappa shape index (κ2) is 4.30. The summed E-state index contributed by atoms with van der Waals surface area (Å²) in [6.07, 6.45) is 5.35. The first-order valence-electron chi connectivity index (χ1n) is 6.41. The molecule has 3 unspecified atom stereocenters. The van der Waals surface area contributed by atoms with Gasteiger partial charge in [-0.05, 0) is 55.2 Å². The van der Waals surface area contributed by atoms with Crippen molar-refractivity contribution in [3.8, 4) is 5.75 Å². The molecule has 2 aliphatic carbocycles. The molecule has 2 aliphatic rings. The standard InChI is InChI=1S/C14H18FNO/c15-12-4-10(8-16)5-13(7-12)17-14-6-9-1-2-11(14)3-9/h4-5,7,9,11,14H,1-3,6,8,16H2. The van der Waals surface area contributed by atoms with Gasteiger partial charge >= 0.3 is 0 Å². The lowest BCUT2D eigenvalue weighted by atomic mass is 9.98. The molecule has 1 aromatic rings. The monoisotopic (exact) mass is 235 g/mol. The third-order valence-electron chi connectivity index (χ3n) is 4.13. The lowest BCUT2D eigenvalue weighted by Crippen LogP contribution is -2.23. The van der Waals surface area contributed by atoms with E-state index in [0.29, 0.717) is 24.3 Å². The SMILES string of the molecule is NCc1cc(F)cc(OC2CC3CCC2C3)c1. The van der Waals surface area contributed by atoms with Crippen molar-refractivity contribution >= 4 is 0 Å². The van der Waals surface area contributed by atoms with Crippen LogP contribution >= 0.6 is 0 Å². The van der Waals surface area contributed by atoms with E-state index in [2.05, 4.69) is 0 Å². The van der Waals surface area contributed by atoms with E-state index in [1.165, 1.54) is 31.4 Å². The van der Waals surface area contributed by atoms with E-state index in [4.69, 9.17) is 10.5 Å². The Balaban J connectivity index is 1.74. The fourth-order valence-corrected chi connectivity index (χ4v) is 3.31. The molecule has 3 atom stereocenters. The van der Waals surface area contributed by atoms with E-state index >= 15 is 0 Å². The van der Waals surface area contributed by atoms with Gasteiger partial charge in [0, 0.05) is 12.6 Å². The number of fused-ring (bicyclic) bond motifs is 2. The second-order valence-electron chi connectivity index (χ2n) is 5.33. The maximum atomic E-state index is 13.3. The van der Waals surface area contributed by atoms with Gasteiger partial charge in [-0.15, -0.1) is 0 Å². The highest BCUT2D eigenvalue weighted by Gasteiger charge is 2.40. The zero-order chi connectivity index (χ0) is 11.8. The van der Waals surface area contributed by atoms with E-state index in [-0.39, 0.29) is 5.82 Å². The Bertz CT molecular complexity index is 421. The van der Waals surface area contributed by atoms with Crippen molar-refractivity contribution in [1.29, 1.82) is 0 Å². The number of benzene rings is 1. The molecule has 0 aliphatic heterocycles. The number of nitrogens with two attached hydrogens (primary N) is 1. The van der Waals surface area contributed by atoms with Gasteiger partial charge in [-0.25, -0.2) is 4.39 Å². The molecule has 0 amide bonds. The van der Waals surface area contributed by atoms with Gasteiger partial charge in [-0.1, -0.05) is 0 Å². The van der Waals surface area contributed by atoms with Gasteiger partial charge in [0.1, 0.15) is 17.7 Å². The second-order valence-corrected chi connectivity index (χ2v) is 5.33. The molecule has 1 aromatic carbocycles. The quantitative estimate of drug-likeness (QED) is 0.874. The number of rotatable bonds is 3. The first-order chi connectivity index (χ1) is 8.24. The van der Waals surface area contributed by atoms with Gasteiger partial charge in [0.05, 0.1) is 0 Å². The molecule has 2 N–H and O–H groups in total. The average Bonchev–Trinajstić information content (AvgIpc) is 2.90. The Morgan fingerprint density at radius 2 is 2.12 bits per heavy atom. The summed E-state index contributed by atoms with van der Waals surface area (Å²) in [6, 6.07) is 4.79. The van der Waals surface area contributed by atoms with E-state index in [1.54, 1.807) is 0 Å². The largest absolute Gasteiger partial charge is 0.490 e. The summed E-state index contributed by atoms with van der Waals surface area (Å²) in [4.78, 5) is 0. The van der Waals surface area contributed by atoms with Gasteiger partial charge in [0.2, 0.25) is 0 Å². The van der Waals surface area contributed by atoms with Crippen molar-refractivity contribution in [2.24, 2.45) is 17.6 Å². The van der Waals surface area contributed by atoms with Crippen molar-refractivity contribution in [3.63, 3.8) is 0 Å². The van der Waals surface area contributed by atoms with Crippen molar-refractivity contribution in [1.82, 2.24) is 0 Å². The van der Waals surface area contributed by atoms with Crippen molar-refractivity contribution in [2.45, 2.75) is 38.3 Å². The Kier molecular flexibility index (Phi) is 2.79. The molecule has 0 radical (unpaired) electrons. The molecule has 3 heteroatoms. The number of ether oxygens (including phenoxy) is 1. The number of hydrogen-bond acceptors (Lipinski definition) is 2. The van der Waals surface area contributed by atoms with Crippen LogP contribution in [0, 0.1) is 17.7 Å². The summed E-state index contributed by atoms with van der Waals surface area (Å²) >= 11 is 0. The Labute approximate surface area is 101 Å². The highest BCUT2D eigenvalue weighted by Crippen LogP contribution is 2.46. The molecule has 3 rings (SSSR count). The van der Waals surface area contributed by atoms with Crippen LogP contribution in [0.3, 0.4) is 0 Å². The predicted molar refractivity (Wildman–Crippen MR) is 64.2 cm³/mol. The smallest absolute Gasteiger partial charge is 0.127 e. The van der Waals surface area contributed by atoms with E-state index in [1.807, 2.05) is 6.07 Å². The summed E-state index contributed by atoms with van der Waals surface area (Å²) in [6.45, 7) is 0.352. The van der Waals surface area contributed by atoms with Crippen molar-refractivity contribution in [2.75, 3.05) is 0 Å². The van der Waals surface area contributed by atoms with Crippen molar-refractivity contribution in [3.05, 3.63) is 29.6 Å². The average molecular weight is 235 g/mol. The third-order valence-corrected chi connectivity index (χ3v) is 4.13. The Hall–Kier alpha value is -1.09. The van der Waals surface area contributed by atoms with Crippen LogP contribution in [0.15, 0.2) is 18.2 Å². The molecular weight excluding hydrogens is 217 g/mol. The summed E-state index contributed by atoms with van der Waals surface area (Å²) < 4.78 is 19.3. The van der Waals surface area contributed by atoms with E-state index in [9.17, 15) is 4.39 Å². The molecule has 2 saturated carbocycles. The molecule has 2 bridgehead atoms. The van der Waals surface area contributed by atoms with Crippen LogP contribution in [0.4, 0.5) is 4.39 Å². The molecule has 2 nitrogen and oxygen atoms in total. The van der Waals surface area contributed by atoms with Gasteiger partial charge in [-0.2, -0.15) is 0 Å². The van der Waals surface area contributed by atoms with Crippen LogP contribution < -0.4 is 10.5 Å². The zero-order valence-electron chi connectivity index (χ0n) is 9.86. The van der Waals surface area contributed by atoms with Crippen LogP contribution in [0.5, 0.6) is 5.75 Å². The van der Waals surface area contributed by atoms with Crippen LogP contribution in [0.25, 0.3) is 0 Å². The van der Waals surface area contributed by atoms with E-state index in [0.717, 1.165) is 17.9 Å². The summed E-state index contributed by atoms with van der Waals surface area (Å²) in [7, 11) is 0. The third kappa shape index (κ3) is 2.16.